The first kappa shape index (κ1) is 43.8. The predicted octanol–water partition coefficient (Wildman–Crippen LogP) is 5.43. The Kier molecular flexibility index (Phi) is 21.6. The molecule has 10 nitrogen and oxygen atoms in total. The van der Waals surface area contributed by atoms with Gasteiger partial charge in [-0.3, -0.25) is 14.4 Å². The van der Waals surface area contributed by atoms with Gasteiger partial charge in [-0.05, 0) is 116 Å². The lowest BCUT2D eigenvalue weighted by Gasteiger charge is -2.22. The molecule has 0 fully saturated rings. The number of hydrogen-bond acceptors (Lipinski definition) is 8. The quantitative estimate of drug-likeness (QED) is 0.252. The summed E-state index contributed by atoms with van der Waals surface area (Å²) in [6.07, 6.45) is 6.98. The number of esters is 2. The fraction of sp³-hybridized carbons (Fsp3) is 0.676. The number of pyridine rings is 2. The van der Waals surface area contributed by atoms with E-state index in [0.29, 0.717) is 31.5 Å². The summed E-state index contributed by atoms with van der Waals surface area (Å²) in [7, 11) is 8.12. The van der Waals surface area contributed by atoms with Crippen molar-refractivity contribution in [3.63, 3.8) is 0 Å². The highest BCUT2D eigenvalue weighted by atomic mass is 16.5. The highest BCUT2D eigenvalue weighted by Crippen LogP contribution is 2.20. The van der Waals surface area contributed by atoms with E-state index in [-0.39, 0.29) is 29.0 Å². The topological polar surface area (TPSA) is 114 Å². The Balaban J connectivity index is 0.000000744. The first-order chi connectivity index (χ1) is 21.9. The predicted molar refractivity (Wildman–Crippen MR) is 192 cm³/mol. The number of aromatic amines is 1. The van der Waals surface area contributed by atoms with Gasteiger partial charge in [-0.15, -0.1) is 0 Å². The minimum absolute atomic E-state index is 0.0221. The fourth-order valence-corrected chi connectivity index (χ4v) is 4.85. The maximum Gasteiger partial charge on any atom is 0.329 e. The van der Waals surface area contributed by atoms with Crippen LogP contribution in [0.25, 0.3) is 0 Å². The number of carbonyl (C=O) groups is 2. The molecule has 2 aromatic rings. The zero-order valence-corrected chi connectivity index (χ0v) is 31.6. The van der Waals surface area contributed by atoms with Crippen molar-refractivity contribution in [2.45, 2.75) is 94.0 Å². The SMILES string of the molecule is CCOC(=O)C(C)CC(C)C.CCOC(=O)C(CC(C)C)n1cc(CCN(C)C)c(C)cc1=O.Cc1cc(=O)[nH]cc1CCN(C)C. The molecule has 1 N–H and O–H groups in total. The smallest absolute Gasteiger partial charge is 0.329 e. The van der Waals surface area contributed by atoms with Gasteiger partial charge in [0.25, 0.3) is 5.56 Å². The number of rotatable bonds is 15. The zero-order valence-electron chi connectivity index (χ0n) is 31.6. The van der Waals surface area contributed by atoms with Crippen LogP contribution in [0.1, 0.15) is 89.6 Å². The maximum atomic E-state index is 12.4. The molecule has 0 radical (unpaired) electrons. The summed E-state index contributed by atoms with van der Waals surface area (Å²) in [5.41, 5.74) is 4.19. The van der Waals surface area contributed by atoms with Crippen LogP contribution < -0.4 is 11.1 Å². The fourth-order valence-electron chi connectivity index (χ4n) is 4.85. The van der Waals surface area contributed by atoms with Crippen molar-refractivity contribution in [3.8, 4) is 0 Å². The average molecular weight is 661 g/mol. The molecule has 2 rings (SSSR count). The molecular formula is C37H64N4O6. The molecule has 0 aliphatic rings. The van der Waals surface area contributed by atoms with Gasteiger partial charge in [0.1, 0.15) is 6.04 Å². The van der Waals surface area contributed by atoms with Crippen LogP contribution in [0.2, 0.25) is 0 Å². The van der Waals surface area contributed by atoms with Gasteiger partial charge in [-0.1, -0.05) is 34.6 Å². The molecular weight excluding hydrogens is 596 g/mol. The van der Waals surface area contributed by atoms with E-state index in [1.54, 1.807) is 29.8 Å². The van der Waals surface area contributed by atoms with Gasteiger partial charge >= 0.3 is 11.9 Å². The Hall–Kier alpha value is -3.24. The van der Waals surface area contributed by atoms with E-state index >= 15 is 0 Å². The van der Waals surface area contributed by atoms with Crippen molar-refractivity contribution < 1.29 is 19.1 Å². The summed E-state index contributed by atoms with van der Waals surface area (Å²) >= 11 is 0. The molecule has 47 heavy (non-hydrogen) atoms. The highest BCUT2D eigenvalue weighted by Gasteiger charge is 2.24. The van der Waals surface area contributed by atoms with Gasteiger partial charge in [0.2, 0.25) is 5.56 Å². The summed E-state index contributed by atoms with van der Waals surface area (Å²) in [6.45, 7) is 20.5. The van der Waals surface area contributed by atoms with Gasteiger partial charge in [0.05, 0.1) is 19.1 Å². The number of hydrogen-bond donors (Lipinski definition) is 1. The summed E-state index contributed by atoms with van der Waals surface area (Å²) in [5, 5.41) is 0. The lowest BCUT2D eigenvalue weighted by Crippen LogP contribution is -2.32. The second kappa shape index (κ2) is 23.1. The van der Waals surface area contributed by atoms with Gasteiger partial charge in [-0.2, -0.15) is 0 Å². The molecule has 0 bridgehead atoms. The van der Waals surface area contributed by atoms with Crippen LogP contribution in [0.5, 0.6) is 0 Å². The van der Waals surface area contributed by atoms with Crippen molar-refractivity contribution in [2.75, 3.05) is 54.5 Å². The number of aryl methyl sites for hydroxylation is 2. The second-order valence-electron chi connectivity index (χ2n) is 13.5. The molecule has 2 heterocycles. The van der Waals surface area contributed by atoms with Crippen LogP contribution >= 0.6 is 0 Å². The molecule has 2 aromatic heterocycles. The highest BCUT2D eigenvalue weighted by molar-refractivity contribution is 5.74. The van der Waals surface area contributed by atoms with Gasteiger partial charge in [0.15, 0.2) is 0 Å². The molecule has 268 valence electrons. The Labute approximate surface area is 283 Å². The van der Waals surface area contributed by atoms with E-state index in [2.05, 4.69) is 28.6 Å². The summed E-state index contributed by atoms with van der Waals surface area (Å²) in [5.74, 6) is 0.513. The number of ether oxygens (including phenoxy) is 2. The van der Waals surface area contributed by atoms with Crippen molar-refractivity contribution in [3.05, 3.63) is 67.5 Å². The number of nitrogens with zero attached hydrogens (tertiary/aromatic N) is 3. The third kappa shape index (κ3) is 18.6. The monoisotopic (exact) mass is 660 g/mol. The maximum absolute atomic E-state index is 12.4. The molecule has 10 heteroatoms. The van der Waals surface area contributed by atoms with E-state index in [4.69, 9.17) is 9.47 Å². The van der Waals surface area contributed by atoms with Gasteiger partial charge < -0.3 is 28.8 Å². The van der Waals surface area contributed by atoms with Crippen LogP contribution in [0.15, 0.2) is 34.1 Å². The largest absolute Gasteiger partial charge is 0.466 e. The van der Waals surface area contributed by atoms with E-state index in [1.165, 1.54) is 5.56 Å². The van der Waals surface area contributed by atoms with Crippen LogP contribution in [0.3, 0.4) is 0 Å². The molecule has 2 atom stereocenters. The third-order valence-corrected chi connectivity index (χ3v) is 7.40. The van der Waals surface area contributed by atoms with E-state index < -0.39 is 6.04 Å². The van der Waals surface area contributed by atoms with E-state index in [1.807, 2.05) is 75.9 Å². The molecule has 0 aromatic carbocycles. The minimum Gasteiger partial charge on any atom is -0.466 e. The van der Waals surface area contributed by atoms with E-state index in [0.717, 1.165) is 49.0 Å². The molecule has 0 saturated carbocycles. The lowest BCUT2D eigenvalue weighted by atomic mass is 9.99. The summed E-state index contributed by atoms with van der Waals surface area (Å²) < 4.78 is 11.6. The summed E-state index contributed by atoms with van der Waals surface area (Å²) in [4.78, 5) is 53.6. The molecule has 0 saturated heterocycles. The molecule has 0 aliphatic carbocycles. The number of aromatic nitrogens is 2. The van der Waals surface area contributed by atoms with Crippen molar-refractivity contribution in [1.82, 2.24) is 19.4 Å². The minimum atomic E-state index is -0.554. The zero-order chi connectivity index (χ0) is 36.3. The Morgan fingerprint density at radius 1 is 0.766 bits per heavy atom. The number of nitrogens with one attached hydrogen (secondary N) is 1. The van der Waals surface area contributed by atoms with Gasteiger partial charge in [-0.25, -0.2) is 4.79 Å². The molecule has 0 amide bonds. The molecule has 2 unspecified atom stereocenters. The number of carbonyl (C=O) groups excluding carboxylic acids is 2. The Morgan fingerprint density at radius 3 is 1.72 bits per heavy atom. The second-order valence-corrected chi connectivity index (χ2v) is 13.5. The first-order valence-corrected chi connectivity index (χ1v) is 17.0. The van der Waals surface area contributed by atoms with Crippen molar-refractivity contribution in [1.29, 1.82) is 0 Å². The third-order valence-electron chi connectivity index (χ3n) is 7.40. The first-order valence-electron chi connectivity index (χ1n) is 17.0. The molecule has 0 aliphatic heterocycles. The summed E-state index contributed by atoms with van der Waals surface area (Å²) in [6, 6.07) is 2.71. The Morgan fingerprint density at radius 2 is 1.26 bits per heavy atom. The van der Waals surface area contributed by atoms with E-state index in [9.17, 15) is 19.2 Å². The normalized spacial score (nSPS) is 12.3. The van der Waals surface area contributed by atoms with Gasteiger partial charge in [0, 0.05) is 37.6 Å². The Bertz CT molecular complexity index is 1310. The standard InChI is InChI=1S/C18H30N2O3.C10H16N2O.C9H18O2/c1-7-23-18(22)16(10-13(2)3)20-12-15(8-9-19(5)6)14(4)11-17(20)21;1-8-6-10(13)11-7-9(8)4-5-12(2)3;1-5-11-9(10)8(4)6-7(2)3/h11-13,16H,7-10H2,1-6H3;6-7H,4-5H2,1-3H3,(H,11,13);7-8H,5-6H2,1-4H3. The van der Waals surface area contributed by atoms with Crippen LogP contribution in [-0.4, -0.2) is 85.8 Å². The van der Waals surface area contributed by atoms with Crippen molar-refractivity contribution in [2.24, 2.45) is 17.8 Å². The van der Waals surface area contributed by atoms with Crippen LogP contribution in [-0.2, 0) is 31.9 Å². The lowest BCUT2D eigenvalue weighted by molar-refractivity contribution is -0.148. The molecule has 0 spiro atoms. The average Bonchev–Trinajstić information content (AvgIpc) is 2.95. The van der Waals surface area contributed by atoms with Crippen molar-refractivity contribution >= 4 is 11.9 Å². The van der Waals surface area contributed by atoms with Crippen LogP contribution in [0, 0.1) is 31.6 Å². The van der Waals surface area contributed by atoms with Crippen LogP contribution in [0.4, 0.5) is 0 Å². The number of H-pyrrole nitrogens is 1. The number of likely N-dealkylation sites (N-methyl/N-ethyl adjacent to an activating group) is 2.